The molecule has 0 heterocycles. The lowest BCUT2D eigenvalue weighted by atomic mass is 10.1. The van der Waals surface area contributed by atoms with Crippen molar-refractivity contribution in [3.63, 3.8) is 0 Å². The molecule has 1 amide bonds. The molecular weight excluding hydrogens is 288 g/mol. The molecule has 0 unspecified atom stereocenters. The van der Waals surface area contributed by atoms with Gasteiger partial charge in [-0.25, -0.2) is 13.6 Å². The zero-order chi connectivity index (χ0) is 14.0. The van der Waals surface area contributed by atoms with E-state index in [1.807, 2.05) is 0 Å². The summed E-state index contributed by atoms with van der Waals surface area (Å²) in [6.07, 6.45) is 0. The van der Waals surface area contributed by atoms with Crippen molar-refractivity contribution in [1.29, 1.82) is 0 Å². The lowest BCUT2D eigenvalue weighted by molar-refractivity contribution is -0.113. The quantitative estimate of drug-likeness (QED) is 0.845. The van der Waals surface area contributed by atoms with E-state index in [2.05, 4.69) is 5.32 Å². The maximum atomic E-state index is 11.2. The molecule has 19 heavy (non-hydrogen) atoms. The number of primary sulfonamides is 1. The number of fused-ring (bicyclic) bond motifs is 1. The molecule has 0 saturated heterocycles. The Morgan fingerprint density at radius 3 is 2.42 bits per heavy atom. The van der Waals surface area contributed by atoms with Crippen LogP contribution in [0.2, 0.25) is 0 Å². The van der Waals surface area contributed by atoms with E-state index in [9.17, 15) is 13.2 Å². The Morgan fingerprint density at radius 2 is 1.79 bits per heavy atom. The van der Waals surface area contributed by atoms with E-state index in [1.54, 1.807) is 24.3 Å². The van der Waals surface area contributed by atoms with Crippen LogP contribution < -0.4 is 10.5 Å². The zero-order valence-corrected chi connectivity index (χ0v) is 11.3. The molecule has 0 spiro atoms. The van der Waals surface area contributed by atoms with Crippen molar-refractivity contribution < 1.29 is 13.2 Å². The Kier molecular flexibility index (Phi) is 3.75. The van der Waals surface area contributed by atoms with Crippen LogP contribution in [-0.2, 0) is 14.8 Å². The highest BCUT2D eigenvalue weighted by atomic mass is 35.5. The highest BCUT2D eigenvalue weighted by Gasteiger charge is 2.08. The molecule has 2 rings (SSSR count). The summed E-state index contributed by atoms with van der Waals surface area (Å²) in [6, 6.07) is 9.63. The number of halogens is 1. The van der Waals surface area contributed by atoms with E-state index in [0.29, 0.717) is 5.69 Å². The molecule has 2 aromatic rings. The highest BCUT2D eigenvalue weighted by Crippen LogP contribution is 2.22. The minimum absolute atomic E-state index is 0.0533. The summed E-state index contributed by atoms with van der Waals surface area (Å²) in [4.78, 5) is 11.2. The van der Waals surface area contributed by atoms with Crippen molar-refractivity contribution >= 4 is 44.0 Å². The largest absolute Gasteiger partial charge is 0.325 e. The Morgan fingerprint density at radius 1 is 1.16 bits per heavy atom. The van der Waals surface area contributed by atoms with Gasteiger partial charge in [-0.05, 0) is 35.0 Å². The van der Waals surface area contributed by atoms with Gasteiger partial charge in [0.05, 0.1) is 4.90 Å². The summed E-state index contributed by atoms with van der Waals surface area (Å²) in [7, 11) is -3.71. The van der Waals surface area contributed by atoms with Crippen molar-refractivity contribution in [3.8, 4) is 0 Å². The molecule has 3 N–H and O–H groups in total. The Labute approximate surface area is 115 Å². The molecule has 0 aromatic heterocycles. The lowest BCUT2D eigenvalue weighted by Gasteiger charge is -2.06. The molecule has 0 aliphatic rings. The number of hydrogen-bond acceptors (Lipinski definition) is 3. The summed E-state index contributed by atoms with van der Waals surface area (Å²) < 4.78 is 22.5. The summed E-state index contributed by atoms with van der Waals surface area (Å²) in [5, 5.41) is 9.19. The molecule has 0 bridgehead atoms. The standard InChI is InChI=1S/C12H11ClN2O3S/c13-7-12(16)15-10-3-1-9-6-11(19(14,17)18)4-2-8(9)5-10/h1-6H,7H2,(H,15,16)(H2,14,17,18). The van der Waals surface area contributed by atoms with E-state index >= 15 is 0 Å². The van der Waals surface area contributed by atoms with Gasteiger partial charge in [-0.3, -0.25) is 4.79 Å². The van der Waals surface area contributed by atoms with Gasteiger partial charge < -0.3 is 5.32 Å². The van der Waals surface area contributed by atoms with Crippen LogP contribution in [0.5, 0.6) is 0 Å². The summed E-state index contributed by atoms with van der Waals surface area (Å²) in [6.45, 7) is 0. The maximum absolute atomic E-state index is 11.2. The second kappa shape index (κ2) is 5.16. The van der Waals surface area contributed by atoms with Gasteiger partial charge in [0.25, 0.3) is 0 Å². The lowest BCUT2D eigenvalue weighted by Crippen LogP contribution is -2.12. The van der Waals surface area contributed by atoms with E-state index in [1.165, 1.54) is 12.1 Å². The molecule has 100 valence electrons. The summed E-state index contributed by atoms with van der Waals surface area (Å²) in [5.41, 5.74) is 0.599. The van der Waals surface area contributed by atoms with Gasteiger partial charge in [0, 0.05) is 5.69 Å². The van der Waals surface area contributed by atoms with E-state index < -0.39 is 10.0 Å². The number of rotatable bonds is 3. The molecular formula is C12H11ClN2O3S. The molecule has 0 fully saturated rings. The van der Waals surface area contributed by atoms with Gasteiger partial charge >= 0.3 is 0 Å². The summed E-state index contributed by atoms with van der Waals surface area (Å²) >= 11 is 5.40. The van der Waals surface area contributed by atoms with E-state index in [-0.39, 0.29) is 16.7 Å². The van der Waals surface area contributed by atoms with Gasteiger partial charge in [-0.2, -0.15) is 0 Å². The van der Waals surface area contributed by atoms with Crippen LogP contribution in [0.15, 0.2) is 41.3 Å². The number of benzene rings is 2. The van der Waals surface area contributed by atoms with Crippen LogP contribution in [-0.4, -0.2) is 20.2 Å². The SMILES string of the molecule is NS(=O)(=O)c1ccc2cc(NC(=O)CCl)ccc2c1. The van der Waals surface area contributed by atoms with Gasteiger partial charge in [-0.15, -0.1) is 11.6 Å². The first-order valence-electron chi connectivity index (χ1n) is 5.32. The zero-order valence-electron chi connectivity index (χ0n) is 9.76. The monoisotopic (exact) mass is 298 g/mol. The summed E-state index contributed by atoms with van der Waals surface area (Å²) in [5.74, 6) is -0.426. The molecule has 2 aromatic carbocycles. The minimum Gasteiger partial charge on any atom is -0.325 e. The number of nitrogens with two attached hydrogens (primary N) is 1. The van der Waals surface area contributed by atoms with Crippen LogP contribution in [0.4, 0.5) is 5.69 Å². The van der Waals surface area contributed by atoms with E-state index in [0.717, 1.165) is 10.8 Å². The van der Waals surface area contributed by atoms with Crippen molar-refractivity contribution in [2.24, 2.45) is 5.14 Å². The first-order chi connectivity index (χ1) is 8.90. The van der Waals surface area contributed by atoms with E-state index in [4.69, 9.17) is 16.7 Å². The number of hydrogen-bond donors (Lipinski definition) is 2. The second-order valence-corrected chi connectivity index (χ2v) is 5.78. The third-order valence-corrected chi connectivity index (χ3v) is 3.70. The van der Waals surface area contributed by atoms with Crippen molar-refractivity contribution in [2.75, 3.05) is 11.2 Å². The van der Waals surface area contributed by atoms with Gasteiger partial charge in [0.2, 0.25) is 15.9 Å². The number of amides is 1. The Bertz CT molecular complexity index is 744. The maximum Gasteiger partial charge on any atom is 0.239 e. The predicted octanol–water partition coefficient (Wildman–Crippen LogP) is 1.66. The predicted molar refractivity (Wildman–Crippen MR) is 74.7 cm³/mol. The van der Waals surface area contributed by atoms with Crippen LogP contribution in [0, 0.1) is 0 Å². The molecule has 5 nitrogen and oxygen atoms in total. The first kappa shape index (κ1) is 13.8. The number of sulfonamides is 1. The van der Waals surface area contributed by atoms with Gasteiger partial charge in [0.1, 0.15) is 5.88 Å². The topological polar surface area (TPSA) is 89.3 Å². The second-order valence-electron chi connectivity index (χ2n) is 3.95. The molecule has 0 saturated carbocycles. The van der Waals surface area contributed by atoms with Gasteiger partial charge in [-0.1, -0.05) is 12.1 Å². The third-order valence-electron chi connectivity index (χ3n) is 2.55. The molecule has 0 atom stereocenters. The number of carbonyl (C=O) groups excluding carboxylic acids is 1. The van der Waals surface area contributed by atoms with Crippen molar-refractivity contribution in [3.05, 3.63) is 36.4 Å². The normalized spacial score (nSPS) is 11.5. The average molecular weight is 299 g/mol. The van der Waals surface area contributed by atoms with Crippen LogP contribution in [0.25, 0.3) is 10.8 Å². The van der Waals surface area contributed by atoms with Crippen molar-refractivity contribution in [1.82, 2.24) is 0 Å². The fourth-order valence-corrected chi connectivity index (χ4v) is 2.29. The number of nitrogens with one attached hydrogen (secondary N) is 1. The van der Waals surface area contributed by atoms with Gasteiger partial charge in [0.15, 0.2) is 0 Å². The molecule has 0 radical (unpaired) electrons. The average Bonchev–Trinajstić information content (AvgIpc) is 2.36. The fraction of sp³-hybridized carbons (Fsp3) is 0.0833. The van der Waals surface area contributed by atoms with Crippen molar-refractivity contribution in [2.45, 2.75) is 4.90 Å². The number of anilines is 1. The molecule has 0 aliphatic heterocycles. The molecule has 7 heteroatoms. The number of carbonyl (C=O) groups is 1. The Hall–Kier alpha value is -1.63. The van der Waals surface area contributed by atoms with Crippen LogP contribution in [0.3, 0.4) is 0 Å². The molecule has 0 aliphatic carbocycles. The smallest absolute Gasteiger partial charge is 0.239 e. The fourth-order valence-electron chi connectivity index (χ4n) is 1.67. The number of alkyl halides is 1. The first-order valence-corrected chi connectivity index (χ1v) is 7.41. The third kappa shape index (κ3) is 3.23. The van der Waals surface area contributed by atoms with Crippen LogP contribution in [0.1, 0.15) is 0 Å². The highest BCUT2D eigenvalue weighted by molar-refractivity contribution is 7.89. The van der Waals surface area contributed by atoms with Crippen LogP contribution >= 0.6 is 11.6 Å². The minimum atomic E-state index is -3.71. The Balaban J connectivity index is 2.43.